The molecule has 1 fully saturated rings. The molecule has 1 aliphatic heterocycles. The van der Waals surface area contributed by atoms with Crippen LogP contribution in [0.25, 0.3) is 0 Å². The number of hydrogen-bond acceptors (Lipinski definition) is 3. The Morgan fingerprint density at radius 2 is 1.67 bits per heavy atom. The maximum Gasteiger partial charge on any atom is 0.222 e. The molecule has 27 heavy (non-hydrogen) atoms. The number of rotatable bonds is 12. The molecule has 0 saturated carbocycles. The van der Waals surface area contributed by atoms with Gasteiger partial charge in [0.15, 0.2) is 8.32 Å². The highest BCUT2D eigenvalue weighted by Gasteiger charge is 2.39. The summed E-state index contributed by atoms with van der Waals surface area (Å²) in [5, 5.41) is 0.106. The van der Waals surface area contributed by atoms with Gasteiger partial charge in [-0.2, -0.15) is 0 Å². The van der Waals surface area contributed by atoms with E-state index < -0.39 is 8.32 Å². The van der Waals surface area contributed by atoms with Crippen LogP contribution in [0.3, 0.4) is 0 Å². The molecule has 1 unspecified atom stereocenters. The summed E-state index contributed by atoms with van der Waals surface area (Å²) in [6.45, 7) is 15.1. The summed E-state index contributed by atoms with van der Waals surface area (Å²) in [6, 6.07) is 0. The summed E-state index contributed by atoms with van der Waals surface area (Å²) in [7, 11) is -1.96. The van der Waals surface area contributed by atoms with E-state index in [1.807, 2.05) is 4.90 Å². The van der Waals surface area contributed by atoms with Crippen molar-refractivity contribution in [1.82, 2.24) is 4.90 Å². The molecular weight excluding hydrogens is 354 g/mol. The standard InChI is InChI=1S/C22H43NO3Si/c1-7-8-9-10-13-19(24)18-20(26-27(5,6)22(2,3)4)14-15-21(25)23-16-11-12-17-23/h20H,7-18H2,1-6H3. The maximum atomic E-state index is 12.5. The van der Waals surface area contributed by atoms with Crippen molar-refractivity contribution in [1.29, 1.82) is 0 Å². The van der Waals surface area contributed by atoms with Gasteiger partial charge in [0.1, 0.15) is 5.78 Å². The van der Waals surface area contributed by atoms with Crippen LogP contribution in [0.4, 0.5) is 0 Å². The Hall–Kier alpha value is -0.683. The van der Waals surface area contributed by atoms with Crippen LogP contribution in [0, 0.1) is 0 Å². The second-order valence-corrected chi connectivity index (χ2v) is 14.4. The lowest BCUT2D eigenvalue weighted by molar-refractivity contribution is -0.131. The van der Waals surface area contributed by atoms with Gasteiger partial charge in [0.2, 0.25) is 5.91 Å². The minimum Gasteiger partial charge on any atom is -0.413 e. The molecule has 1 atom stereocenters. The zero-order valence-electron chi connectivity index (χ0n) is 18.7. The molecule has 1 aliphatic rings. The minimum atomic E-state index is -1.96. The zero-order valence-corrected chi connectivity index (χ0v) is 19.7. The van der Waals surface area contributed by atoms with Crippen molar-refractivity contribution in [2.24, 2.45) is 0 Å². The lowest BCUT2D eigenvalue weighted by Crippen LogP contribution is -2.44. The van der Waals surface area contributed by atoms with Gasteiger partial charge in [-0.1, -0.05) is 47.0 Å². The minimum absolute atomic E-state index is 0.106. The van der Waals surface area contributed by atoms with Crippen molar-refractivity contribution >= 4 is 20.0 Å². The first kappa shape index (κ1) is 24.4. The van der Waals surface area contributed by atoms with Crippen LogP contribution in [-0.4, -0.2) is 44.1 Å². The molecule has 0 radical (unpaired) electrons. The summed E-state index contributed by atoms with van der Waals surface area (Å²) in [5.41, 5.74) is 0. The molecule has 158 valence electrons. The van der Waals surface area contributed by atoms with Crippen LogP contribution < -0.4 is 0 Å². The van der Waals surface area contributed by atoms with Gasteiger partial charge in [0.25, 0.3) is 0 Å². The van der Waals surface area contributed by atoms with Crippen LogP contribution >= 0.6 is 0 Å². The highest BCUT2D eigenvalue weighted by Crippen LogP contribution is 2.38. The van der Waals surface area contributed by atoms with Crippen LogP contribution in [0.5, 0.6) is 0 Å². The molecule has 0 spiro atoms. The van der Waals surface area contributed by atoms with E-state index in [1.165, 1.54) is 12.8 Å². The van der Waals surface area contributed by atoms with Crippen molar-refractivity contribution in [2.75, 3.05) is 13.1 Å². The van der Waals surface area contributed by atoms with E-state index in [1.54, 1.807) is 0 Å². The van der Waals surface area contributed by atoms with Crippen LogP contribution in [0.15, 0.2) is 0 Å². The fraction of sp³-hybridized carbons (Fsp3) is 0.909. The number of ketones is 1. The lowest BCUT2D eigenvalue weighted by Gasteiger charge is -2.39. The predicted octanol–water partition coefficient (Wildman–Crippen LogP) is 5.71. The number of nitrogens with zero attached hydrogens (tertiary/aromatic N) is 1. The topological polar surface area (TPSA) is 46.6 Å². The number of carbonyl (C=O) groups excluding carboxylic acids is 2. The first-order valence-electron chi connectivity index (χ1n) is 11.0. The number of amides is 1. The van der Waals surface area contributed by atoms with Crippen LogP contribution in [0.2, 0.25) is 18.1 Å². The fourth-order valence-corrected chi connectivity index (χ4v) is 4.70. The van der Waals surface area contributed by atoms with Gasteiger partial charge in [-0.3, -0.25) is 9.59 Å². The van der Waals surface area contributed by atoms with Gasteiger partial charge < -0.3 is 9.33 Å². The molecule has 5 heteroatoms. The summed E-state index contributed by atoms with van der Waals surface area (Å²) < 4.78 is 6.56. The van der Waals surface area contributed by atoms with Gasteiger partial charge in [-0.25, -0.2) is 0 Å². The van der Waals surface area contributed by atoms with E-state index in [9.17, 15) is 9.59 Å². The smallest absolute Gasteiger partial charge is 0.222 e. The SMILES string of the molecule is CCCCCCC(=O)CC(CCC(=O)N1CCCC1)O[Si](C)(C)C(C)(C)C. The Morgan fingerprint density at radius 3 is 2.22 bits per heavy atom. The zero-order chi connectivity index (χ0) is 20.5. The van der Waals surface area contributed by atoms with E-state index in [-0.39, 0.29) is 17.0 Å². The number of likely N-dealkylation sites (tertiary alicyclic amines) is 1. The molecule has 0 aliphatic carbocycles. The van der Waals surface area contributed by atoms with E-state index in [4.69, 9.17) is 4.43 Å². The number of carbonyl (C=O) groups is 2. The van der Waals surface area contributed by atoms with Crippen molar-refractivity contribution < 1.29 is 14.0 Å². The monoisotopic (exact) mass is 397 g/mol. The molecule has 1 rings (SSSR count). The van der Waals surface area contributed by atoms with Crippen molar-refractivity contribution in [3.8, 4) is 0 Å². The average molecular weight is 398 g/mol. The van der Waals surface area contributed by atoms with Gasteiger partial charge in [0.05, 0.1) is 6.10 Å². The maximum absolute atomic E-state index is 12.5. The highest BCUT2D eigenvalue weighted by molar-refractivity contribution is 6.74. The molecule has 1 heterocycles. The molecule has 0 bridgehead atoms. The summed E-state index contributed by atoms with van der Waals surface area (Å²) in [4.78, 5) is 26.9. The van der Waals surface area contributed by atoms with Gasteiger partial charge in [-0.05, 0) is 43.8 Å². The van der Waals surface area contributed by atoms with Crippen molar-refractivity contribution in [3.63, 3.8) is 0 Å². The Labute approximate surface area is 168 Å². The molecular formula is C22H43NO3Si. The second-order valence-electron chi connectivity index (χ2n) is 9.68. The summed E-state index contributed by atoms with van der Waals surface area (Å²) in [6.07, 6.45) is 8.89. The summed E-state index contributed by atoms with van der Waals surface area (Å²) >= 11 is 0. The summed E-state index contributed by atoms with van der Waals surface area (Å²) in [5.74, 6) is 0.523. The fourth-order valence-electron chi connectivity index (χ4n) is 3.31. The second kappa shape index (κ2) is 11.4. The predicted molar refractivity (Wildman–Crippen MR) is 116 cm³/mol. The highest BCUT2D eigenvalue weighted by atomic mass is 28.4. The van der Waals surface area contributed by atoms with Crippen LogP contribution in [0.1, 0.15) is 91.9 Å². The van der Waals surface area contributed by atoms with Crippen molar-refractivity contribution in [2.45, 2.75) is 116 Å². The Bertz CT molecular complexity index is 465. The molecule has 0 N–H and O–H groups in total. The van der Waals surface area contributed by atoms with Gasteiger partial charge in [-0.15, -0.1) is 0 Å². The third kappa shape index (κ3) is 8.90. The normalized spacial score (nSPS) is 16.6. The first-order valence-corrected chi connectivity index (χ1v) is 13.9. The molecule has 0 aromatic rings. The lowest BCUT2D eigenvalue weighted by atomic mass is 10.0. The van der Waals surface area contributed by atoms with Crippen molar-refractivity contribution in [3.05, 3.63) is 0 Å². The molecule has 1 saturated heterocycles. The number of Topliss-reactive ketones (excluding diaryl/α,β-unsaturated/α-hetero) is 1. The first-order chi connectivity index (χ1) is 12.6. The van der Waals surface area contributed by atoms with E-state index in [0.29, 0.717) is 31.5 Å². The number of unbranched alkanes of at least 4 members (excludes halogenated alkanes) is 3. The Balaban J connectivity index is 2.61. The molecule has 0 aromatic heterocycles. The van der Waals surface area contributed by atoms with Gasteiger partial charge >= 0.3 is 0 Å². The van der Waals surface area contributed by atoms with Crippen LogP contribution in [-0.2, 0) is 14.0 Å². The average Bonchev–Trinajstić information content (AvgIpc) is 3.09. The van der Waals surface area contributed by atoms with Gasteiger partial charge in [0, 0.05) is 32.4 Å². The largest absolute Gasteiger partial charge is 0.413 e. The van der Waals surface area contributed by atoms with E-state index in [2.05, 4.69) is 40.8 Å². The number of hydrogen-bond donors (Lipinski definition) is 0. The Kier molecular flexibility index (Phi) is 10.2. The molecule has 0 aromatic carbocycles. The third-order valence-electron chi connectivity index (χ3n) is 6.17. The van der Waals surface area contributed by atoms with E-state index >= 15 is 0 Å². The quantitative estimate of drug-likeness (QED) is 0.313. The third-order valence-corrected chi connectivity index (χ3v) is 10.7. The molecule has 4 nitrogen and oxygen atoms in total. The Morgan fingerprint density at radius 1 is 1.04 bits per heavy atom. The van der Waals surface area contributed by atoms with E-state index in [0.717, 1.165) is 38.8 Å². The molecule has 1 amide bonds.